The molecule has 1 aromatic rings. The van der Waals surface area contributed by atoms with Gasteiger partial charge in [0.05, 0.1) is 18.3 Å². The van der Waals surface area contributed by atoms with E-state index in [0.29, 0.717) is 6.10 Å². The van der Waals surface area contributed by atoms with Crippen LogP contribution < -0.4 is 0 Å². The van der Waals surface area contributed by atoms with Crippen molar-refractivity contribution >= 4 is 11.3 Å². The van der Waals surface area contributed by atoms with Crippen LogP contribution in [0.25, 0.3) is 0 Å². The molecular formula is C12H18O2S. The van der Waals surface area contributed by atoms with Crippen molar-refractivity contribution in [3.63, 3.8) is 0 Å². The number of aryl methyl sites for hydroxylation is 1. The lowest BCUT2D eigenvalue weighted by Gasteiger charge is -2.17. The van der Waals surface area contributed by atoms with E-state index in [-0.39, 0.29) is 12.2 Å². The molecule has 1 aromatic heterocycles. The highest BCUT2D eigenvalue weighted by atomic mass is 32.1. The highest BCUT2D eigenvalue weighted by molar-refractivity contribution is 7.07. The maximum atomic E-state index is 9.94. The van der Waals surface area contributed by atoms with Gasteiger partial charge in [-0.3, -0.25) is 0 Å². The Balaban J connectivity index is 1.75. The summed E-state index contributed by atoms with van der Waals surface area (Å²) in [4.78, 5) is 0. The van der Waals surface area contributed by atoms with Crippen LogP contribution >= 0.6 is 11.3 Å². The van der Waals surface area contributed by atoms with Crippen molar-refractivity contribution in [3.05, 3.63) is 22.4 Å². The molecule has 1 saturated heterocycles. The molecule has 3 heteroatoms. The van der Waals surface area contributed by atoms with E-state index in [1.54, 1.807) is 11.3 Å². The highest BCUT2D eigenvalue weighted by Crippen LogP contribution is 2.24. The zero-order chi connectivity index (χ0) is 10.7. The number of thiophene rings is 1. The highest BCUT2D eigenvalue weighted by Gasteiger charge is 2.27. The lowest BCUT2D eigenvalue weighted by atomic mass is 10.0. The molecule has 0 aliphatic carbocycles. The third kappa shape index (κ3) is 3.03. The molecule has 1 N–H and O–H groups in total. The lowest BCUT2D eigenvalue weighted by Crippen LogP contribution is -2.26. The number of hydrogen-bond donors (Lipinski definition) is 1. The Hall–Kier alpha value is -0.380. The summed E-state index contributed by atoms with van der Waals surface area (Å²) in [5.74, 6) is 0. The average molecular weight is 226 g/mol. The molecule has 0 radical (unpaired) electrons. The molecule has 84 valence electrons. The molecule has 0 aromatic carbocycles. The van der Waals surface area contributed by atoms with E-state index in [1.807, 2.05) is 0 Å². The predicted octanol–water partition coefficient (Wildman–Crippen LogP) is 2.61. The van der Waals surface area contributed by atoms with Crippen LogP contribution in [0.1, 0.15) is 31.7 Å². The first-order valence-corrected chi connectivity index (χ1v) is 6.54. The Morgan fingerprint density at radius 2 is 2.47 bits per heavy atom. The molecule has 0 spiro atoms. The number of aliphatic hydroxyl groups excluding tert-OH is 1. The Morgan fingerprint density at radius 1 is 1.60 bits per heavy atom. The van der Waals surface area contributed by atoms with Crippen LogP contribution in [0.15, 0.2) is 16.8 Å². The SMILES string of the molecule is CC1CCC(C(O)CCc2ccsc2)O1. The van der Waals surface area contributed by atoms with Crippen molar-refractivity contribution in [1.29, 1.82) is 0 Å². The molecule has 2 heterocycles. The second kappa shape index (κ2) is 5.10. The first kappa shape index (κ1) is 11.1. The minimum atomic E-state index is -0.296. The van der Waals surface area contributed by atoms with Crippen LogP contribution in [0, 0.1) is 0 Å². The zero-order valence-corrected chi connectivity index (χ0v) is 9.87. The van der Waals surface area contributed by atoms with Crippen molar-refractivity contribution in [3.8, 4) is 0 Å². The second-order valence-electron chi connectivity index (χ2n) is 4.30. The molecule has 2 rings (SSSR count). The third-order valence-corrected chi connectivity index (χ3v) is 3.73. The van der Waals surface area contributed by atoms with Gasteiger partial charge in [-0.1, -0.05) is 0 Å². The Morgan fingerprint density at radius 3 is 3.07 bits per heavy atom. The number of hydrogen-bond acceptors (Lipinski definition) is 3. The van der Waals surface area contributed by atoms with Gasteiger partial charge >= 0.3 is 0 Å². The second-order valence-corrected chi connectivity index (χ2v) is 5.08. The standard InChI is InChI=1S/C12H18O2S/c1-9-2-5-12(14-9)11(13)4-3-10-6-7-15-8-10/h6-9,11-13H,2-5H2,1H3. The van der Waals surface area contributed by atoms with Gasteiger partial charge in [0.25, 0.3) is 0 Å². The zero-order valence-electron chi connectivity index (χ0n) is 9.06. The van der Waals surface area contributed by atoms with Crippen molar-refractivity contribution in [2.75, 3.05) is 0 Å². The molecule has 0 bridgehead atoms. The summed E-state index contributed by atoms with van der Waals surface area (Å²) >= 11 is 1.71. The van der Waals surface area contributed by atoms with Crippen molar-refractivity contribution in [2.24, 2.45) is 0 Å². The Bertz CT molecular complexity index is 284. The quantitative estimate of drug-likeness (QED) is 0.855. The van der Waals surface area contributed by atoms with E-state index in [2.05, 4.69) is 23.8 Å². The fourth-order valence-electron chi connectivity index (χ4n) is 2.05. The Kier molecular flexibility index (Phi) is 3.78. The van der Waals surface area contributed by atoms with E-state index in [1.165, 1.54) is 5.56 Å². The van der Waals surface area contributed by atoms with E-state index in [9.17, 15) is 5.11 Å². The summed E-state index contributed by atoms with van der Waals surface area (Å²) in [6.45, 7) is 2.07. The number of aliphatic hydroxyl groups is 1. The van der Waals surface area contributed by atoms with Gasteiger partial charge in [-0.05, 0) is 55.0 Å². The summed E-state index contributed by atoms with van der Waals surface area (Å²) in [6, 6.07) is 2.12. The van der Waals surface area contributed by atoms with Gasteiger partial charge in [-0.2, -0.15) is 11.3 Å². The van der Waals surface area contributed by atoms with Gasteiger partial charge in [0.15, 0.2) is 0 Å². The normalized spacial score (nSPS) is 28.1. The molecule has 3 atom stereocenters. The fourth-order valence-corrected chi connectivity index (χ4v) is 2.76. The largest absolute Gasteiger partial charge is 0.390 e. The van der Waals surface area contributed by atoms with Gasteiger partial charge in [-0.15, -0.1) is 0 Å². The molecule has 1 fully saturated rings. The molecule has 0 amide bonds. The maximum absolute atomic E-state index is 9.94. The van der Waals surface area contributed by atoms with E-state index >= 15 is 0 Å². The molecule has 2 nitrogen and oxygen atoms in total. The number of rotatable bonds is 4. The summed E-state index contributed by atoms with van der Waals surface area (Å²) in [5.41, 5.74) is 1.32. The first-order valence-electron chi connectivity index (χ1n) is 5.60. The minimum absolute atomic E-state index is 0.0682. The fraction of sp³-hybridized carbons (Fsp3) is 0.667. The monoisotopic (exact) mass is 226 g/mol. The lowest BCUT2D eigenvalue weighted by molar-refractivity contribution is -0.0311. The number of ether oxygens (including phenoxy) is 1. The predicted molar refractivity (Wildman–Crippen MR) is 62.2 cm³/mol. The van der Waals surface area contributed by atoms with Gasteiger partial charge in [0, 0.05) is 0 Å². The third-order valence-electron chi connectivity index (χ3n) is 3.00. The summed E-state index contributed by atoms with van der Waals surface area (Å²) in [6.07, 6.45) is 3.96. The average Bonchev–Trinajstić information content (AvgIpc) is 2.84. The topological polar surface area (TPSA) is 29.5 Å². The van der Waals surface area contributed by atoms with Crippen molar-refractivity contribution < 1.29 is 9.84 Å². The van der Waals surface area contributed by atoms with E-state index < -0.39 is 0 Å². The van der Waals surface area contributed by atoms with Gasteiger partial charge in [0.1, 0.15) is 0 Å². The summed E-state index contributed by atoms with van der Waals surface area (Å²) in [5, 5.41) is 14.2. The molecule has 15 heavy (non-hydrogen) atoms. The molecule has 1 aliphatic rings. The van der Waals surface area contributed by atoms with Crippen LogP contribution in [0.5, 0.6) is 0 Å². The van der Waals surface area contributed by atoms with Crippen LogP contribution in [0.4, 0.5) is 0 Å². The smallest absolute Gasteiger partial charge is 0.0838 e. The summed E-state index contributed by atoms with van der Waals surface area (Å²) < 4.78 is 5.65. The molecule has 0 saturated carbocycles. The van der Waals surface area contributed by atoms with Crippen molar-refractivity contribution in [1.82, 2.24) is 0 Å². The summed E-state index contributed by atoms with van der Waals surface area (Å²) in [7, 11) is 0. The van der Waals surface area contributed by atoms with Gasteiger partial charge in [0.2, 0.25) is 0 Å². The molecule has 3 unspecified atom stereocenters. The maximum Gasteiger partial charge on any atom is 0.0838 e. The van der Waals surface area contributed by atoms with Crippen molar-refractivity contribution in [2.45, 2.75) is 50.9 Å². The van der Waals surface area contributed by atoms with Crippen LogP contribution in [-0.2, 0) is 11.2 Å². The van der Waals surface area contributed by atoms with Crippen LogP contribution in [0.3, 0.4) is 0 Å². The molecule has 1 aliphatic heterocycles. The van der Waals surface area contributed by atoms with Crippen LogP contribution in [0.2, 0.25) is 0 Å². The van der Waals surface area contributed by atoms with Gasteiger partial charge < -0.3 is 9.84 Å². The van der Waals surface area contributed by atoms with Gasteiger partial charge in [-0.25, -0.2) is 0 Å². The minimum Gasteiger partial charge on any atom is -0.390 e. The van der Waals surface area contributed by atoms with Crippen LogP contribution in [-0.4, -0.2) is 23.4 Å². The van der Waals surface area contributed by atoms with E-state index in [4.69, 9.17) is 4.74 Å². The Labute approximate surface area is 94.9 Å². The van der Waals surface area contributed by atoms with E-state index in [0.717, 1.165) is 25.7 Å². The first-order chi connectivity index (χ1) is 7.25. The molecular weight excluding hydrogens is 208 g/mol.